The molecule has 0 bridgehead atoms. The van der Waals surface area contributed by atoms with Crippen molar-refractivity contribution < 1.29 is 4.79 Å². The molecule has 0 radical (unpaired) electrons. The largest absolute Gasteiger partial charge is 0.300 e. The van der Waals surface area contributed by atoms with E-state index in [1.165, 1.54) is 0 Å². The Balaban J connectivity index is 3.88. The standard InChI is InChI=1S/C9H12O/c1-4-5-8(2)6-7-9(3)10/h6H,7H2,1-3H3/b8-6-. The normalized spacial score (nSPS) is 10.1. The summed E-state index contributed by atoms with van der Waals surface area (Å²) in [6.45, 7) is 5.26. The highest BCUT2D eigenvalue weighted by Gasteiger charge is 1.87. The zero-order valence-electron chi connectivity index (χ0n) is 6.69. The fourth-order valence-electron chi connectivity index (χ4n) is 0.545. The Labute approximate surface area is 62.1 Å². The molecule has 0 fully saturated rings. The van der Waals surface area contributed by atoms with Gasteiger partial charge in [0.25, 0.3) is 0 Å². The zero-order chi connectivity index (χ0) is 7.98. The maximum atomic E-state index is 10.5. The molecule has 10 heavy (non-hydrogen) atoms. The second kappa shape index (κ2) is 4.81. The Kier molecular flexibility index (Phi) is 4.32. The van der Waals surface area contributed by atoms with Crippen LogP contribution in [0, 0.1) is 11.8 Å². The number of carbonyl (C=O) groups excluding carboxylic acids is 1. The van der Waals surface area contributed by atoms with Crippen LogP contribution in [0.15, 0.2) is 11.6 Å². The number of allylic oxidation sites excluding steroid dienone is 2. The number of Topliss-reactive ketones (excluding diaryl/α,β-unsaturated/α-hetero) is 1. The van der Waals surface area contributed by atoms with Crippen molar-refractivity contribution >= 4 is 5.78 Å². The molecule has 0 saturated heterocycles. The Morgan fingerprint density at radius 3 is 2.50 bits per heavy atom. The topological polar surface area (TPSA) is 17.1 Å². The van der Waals surface area contributed by atoms with E-state index in [0.717, 1.165) is 5.57 Å². The lowest BCUT2D eigenvalue weighted by molar-refractivity contribution is -0.116. The molecule has 0 aliphatic rings. The van der Waals surface area contributed by atoms with Gasteiger partial charge < -0.3 is 0 Å². The molecule has 0 rings (SSSR count). The van der Waals surface area contributed by atoms with E-state index in [2.05, 4.69) is 11.8 Å². The zero-order valence-corrected chi connectivity index (χ0v) is 6.69. The van der Waals surface area contributed by atoms with Crippen LogP contribution in [0.1, 0.15) is 27.2 Å². The van der Waals surface area contributed by atoms with Crippen molar-refractivity contribution in [1.82, 2.24) is 0 Å². The van der Waals surface area contributed by atoms with E-state index in [9.17, 15) is 4.79 Å². The van der Waals surface area contributed by atoms with E-state index in [0.29, 0.717) is 6.42 Å². The second-order valence-electron chi connectivity index (χ2n) is 2.17. The van der Waals surface area contributed by atoms with E-state index in [-0.39, 0.29) is 5.78 Å². The van der Waals surface area contributed by atoms with Gasteiger partial charge in [0.15, 0.2) is 0 Å². The second-order valence-corrected chi connectivity index (χ2v) is 2.17. The maximum absolute atomic E-state index is 10.5. The van der Waals surface area contributed by atoms with Crippen LogP contribution in [0.2, 0.25) is 0 Å². The van der Waals surface area contributed by atoms with Gasteiger partial charge in [0.2, 0.25) is 0 Å². The Morgan fingerprint density at radius 1 is 1.50 bits per heavy atom. The SMILES string of the molecule is CC#C/C(C)=C\CC(C)=O. The highest BCUT2D eigenvalue weighted by molar-refractivity contribution is 5.77. The van der Waals surface area contributed by atoms with Gasteiger partial charge in [-0.2, -0.15) is 0 Å². The van der Waals surface area contributed by atoms with Gasteiger partial charge in [0.1, 0.15) is 5.78 Å². The molecule has 0 aromatic carbocycles. The summed E-state index contributed by atoms with van der Waals surface area (Å²) in [4.78, 5) is 10.5. The molecular weight excluding hydrogens is 124 g/mol. The molecule has 0 aromatic heterocycles. The van der Waals surface area contributed by atoms with Crippen LogP contribution in [0.4, 0.5) is 0 Å². The number of ketones is 1. The molecule has 0 aliphatic carbocycles. The minimum absolute atomic E-state index is 0.178. The number of carbonyl (C=O) groups is 1. The molecule has 0 N–H and O–H groups in total. The lowest BCUT2D eigenvalue weighted by atomic mass is 10.2. The van der Waals surface area contributed by atoms with Crippen molar-refractivity contribution in [2.75, 3.05) is 0 Å². The summed E-state index contributed by atoms with van der Waals surface area (Å²) >= 11 is 0. The van der Waals surface area contributed by atoms with Crippen LogP contribution < -0.4 is 0 Å². The fraction of sp³-hybridized carbons (Fsp3) is 0.444. The maximum Gasteiger partial charge on any atom is 0.133 e. The van der Waals surface area contributed by atoms with Gasteiger partial charge in [-0.3, -0.25) is 4.79 Å². The van der Waals surface area contributed by atoms with Gasteiger partial charge in [-0.05, 0) is 26.3 Å². The minimum Gasteiger partial charge on any atom is -0.300 e. The molecular formula is C9H12O. The number of hydrogen-bond acceptors (Lipinski definition) is 1. The first kappa shape index (κ1) is 8.97. The van der Waals surface area contributed by atoms with E-state index in [4.69, 9.17) is 0 Å². The molecule has 0 saturated carbocycles. The number of hydrogen-bond donors (Lipinski definition) is 0. The lowest BCUT2D eigenvalue weighted by Gasteiger charge is -1.85. The van der Waals surface area contributed by atoms with Crippen LogP contribution >= 0.6 is 0 Å². The average molecular weight is 136 g/mol. The molecule has 1 heteroatoms. The van der Waals surface area contributed by atoms with Gasteiger partial charge in [-0.15, -0.1) is 5.92 Å². The molecule has 0 unspecified atom stereocenters. The lowest BCUT2D eigenvalue weighted by Crippen LogP contribution is -1.85. The summed E-state index contributed by atoms with van der Waals surface area (Å²) in [5, 5.41) is 0. The molecule has 0 spiro atoms. The van der Waals surface area contributed by atoms with Crippen LogP contribution in [0.25, 0.3) is 0 Å². The van der Waals surface area contributed by atoms with Crippen LogP contribution in [-0.4, -0.2) is 5.78 Å². The first-order valence-electron chi connectivity index (χ1n) is 3.25. The predicted molar refractivity (Wildman–Crippen MR) is 42.5 cm³/mol. The van der Waals surface area contributed by atoms with Gasteiger partial charge in [0, 0.05) is 6.42 Å². The Morgan fingerprint density at radius 2 is 2.10 bits per heavy atom. The predicted octanol–water partition coefficient (Wildman–Crippen LogP) is 1.94. The highest BCUT2D eigenvalue weighted by atomic mass is 16.1. The van der Waals surface area contributed by atoms with Crippen molar-refractivity contribution in [1.29, 1.82) is 0 Å². The van der Waals surface area contributed by atoms with Crippen molar-refractivity contribution in [2.24, 2.45) is 0 Å². The van der Waals surface area contributed by atoms with Crippen molar-refractivity contribution in [3.8, 4) is 11.8 Å². The van der Waals surface area contributed by atoms with E-state index < -0.39 is 0 Å². The van der Waals surface area contributed by atoms with Crippen molar-refractivity contribution in [2.45, 2.75) is 27.2 Å². The molecule has 0 amide bonds. The van der Waals surface area contributed by atoms with E-state index in [1.54, 1.807) is 13.8 Å². The first-order chi connectivity index (χ1) is 4.66. The third-order valence-corrected chi connectivity index (χ3v) is 1.02. The molecule has 0 atom stereocenters. The van der Waals surface area contributed by atoms with E-state index >= 15 is 0 Å². The number of rotatable bonds is 2. The monoisotopic (exact) mass is 136 g/mol. The van der Waals surface area contributed by atoms with Gasteiger partial charge in [0.05, 0.1) is 0 Å². The summed E-state index contributed by atoms with van der Waals surface area (Å²) in [5.41, 5.74) is 0.970. The van der Waals surface area contributed by atoms with Crippen molar-refractivity contribution in [3.63, 3.8) is 0 Å². The average Bonchev–Trinajstić information content (AvgIpc) is 1.85. The molecule has 0 aromatic rings. The summed E-state index contributed by atoms with van der Waals surface area (Å²) < 4.78 is 0. The molecule has 54 valence electrons. The van der Waals surface area contributed by atoms with E-state index in [1.807, 2.05) is 13.0 Å². The van der Waals surface area contributed by atoms with Gasteiger partial charge in [-0.1, -0.05) is 12.0 Å². The van der Waals surface area contributed by atoms with Gasteiger partial charge in [-0.25, -0.2) is 0 Å². The fourth-order valence-corrected chi connectivity index (χ4v) is 0.545. The molecule has 0 aliphatic heterocycles. The van der Waals surface area contributed by atoms with Crippen LogP contribution in [0.3, 0.4) is 0 Å². The molecule has 0 heterocycles. The Hall–Kier alpha value is -1.03. The summed E-state index contributed by atoms with van der Waals surface area (Å²) in [5.74, 6) is 5.80. The third-order valence-electron chi connectivity index (χ3n) is 1.02. The van der Waals surface area contributed by atoms with Crippen LogP contribution in [0.5, 0.6) is 0 Å². The first-order valence-corrected chi connectivity index (χ1v) is 3.25. The van der Waals surface area contributed by atoms with Crippen molar-refractivity contribution in [3.05, 3.63) is 11.6 Å². The molecule has 1 nitrogen and oxygen atoms in total. The smallest absolute Gasteiger partial charge is 0.133 e. The van der Waals surface area contributed by atoms with Crippen LogP contribution in [-0.2, 0) is 4.79 Å². The summed E-state index contributed by atoms with van der Waals surface area (Å²) in [6, 6.07) is 0. The summed E-state index contributed by atoms with van der Waals surface area (Å²) in [7, 11) is 0. The third kappa shape index (κ3) is 5.11. The summed E-state index contributed by atoms with van der Waals surface area (Å²) in [6.07, 6.45) is 2.35. The Bertz CT molecular complexity index is 201. The highest BCUT2D eigenvalue weighted by Crippen LogP contribution is 1.93. The van der Waals surface area contributed by atoms with Gasteiger partial charge >= 0.3 is 0 Å². The quantitative estimate of drug-likeness (QED) is 0.530. The minimum atomic E-state index is 0.178.